The lowest BCUT2D eigenvalue weighted by molar-refractivity contribution is -0.142. The second-order valence-electron chi connectivity index (χ2n) is 10.6. The van der Waals surface area contributed by atoms with Crippen LogP contribution in [0.3, 0.4) is 0 Å². The molecule has 0 saturated carbocycles. The van der Waals surface area contributed by atoms with E-state index in [1.807, 2.05) is 67.6 Å². The Bertz CT molecular complexity index is 1160. The average molecular weight is 495 g/mol. The third kappa shape index (κ3) is 6.73. The topological polar surface area (TPSA) is 67.2 Å². The zero-order valence-corrected chi connectivity index (χ0v) is 22.2. The van der Waals surface area contributed by atoms with E-state index in [4.69, 9.17) is 16.7 Å². The number of rotatable bonds is 8. The van der Waals surface area contributed by atoms with E-state index in [0.29, 0.717) is 12.4 Å². The summed E-state index contributed by atoms with van der Waals surface area (Å²) in [4.78, 5) is 28.1. The molecule has 2 amide bonds. The summed E-state index contributed by atoms with van der Waals surface area (Å²) in [6.07, 6.45) is 0. The number of hydrogen-bond acceptors (Lipinski definition) is 3. The summed E-state index contributed by atoms with van der Waals surface area (Å²) in [5.74, 6) is 0.253. The van der Waals surface area contributed by atoms with Crippen LogP contribution in [-0.4, -0.2) is 38.9 Å². The van der Waals surface area contributed by atoms with Crippen molar-refractivity contribution in [1.29, 1.82) is 0 Å². The van der Waals surface area contributed by atoms with E-state index < -0.39 is 5.41 Å². The van der Waals surface area contributed by atoms with Crippen LogP contribution in [-0.2, 0) is 21.5 Å². The number of carbonyl (C=O) groups excluding carboxylic acids is 2. The van der Waals surface area contributed by atoms with Gasteiger partial charge in [-0.3, -0.25) is 9.59 Å². The molecule has 1 N–H and O–H groups in total. The van der Waals surface area contributed by atoms with Gasteiger partial charge in [0.05, 0.1) is 16.8 Å². The molecule has 0 radical (unpaired) electrons. The largest absolute Gasteiger partial charge is 0.329 e. The minimum absolute atomic E-state index is 0.0992. The predicted molar refractivity (Wildman–Crippen MR) is 142 cm³/mol. The van der Waals surface area contributed by atoms with Crippen LogP contribution >= 0.6 is 11.6 Å². The molecule has 0 aliphatic heterocycles. The molecule has 0 spiro atoms. The molecule has 1 aromatic heterocycles. The summed E-state index contributed by atoms with van der Waals surface area (Å²) >= 11 is 6.09. The molecule has 0 saturated heterocycles. The standard InChI is InChI=1S/C28H35ClN4O2/c1-20-12-14-22(15-13-20)33-24(16-23(31-33)27(2,3)4)30-25(34)18-32(26(35)28(5,6)19-29)17-21-10-8-7-9-11-21/h7-16H,17-19H2,1-6H3,(H,30,34). The van der Waals surface area contributed by atoms with Crippen molar-refractivity contribution in [3.8, 4) is 5.69 Å². The number of amides is 2. The summed E-state index contributed by atoms with van der Waals surface area (Å²) in [7, 11) is 0. The van der Waals surface area contributed by atoms with Gasteiger partial charge in [-0.1, -0.05) is 68.8 Å². The first-order valence-electron chi connectivity index (χ1n) is 11.8. The molecule has 3 aromatic rings. The summed E-state index contributed by atoms with van der Waals surface area (Å²) in [5.41, 5.74) is 2.79. The van der Waals surface area contributed by atoms with E-state index in [-0.39, 0.29) is 29.7 Å². The molecule has 6 nitrogen and oxygen atoms in total. The van der Waals surface area contributed by atoms with Gasteiger partial charge in [-0.05, 0) is 38.5 Å². The zero-order chi connectivity index (χ0) is 25.8. The summed E-state index contributed by atoms with van der Waals surface area (Å²) in [5, 5.41) is 7.76. The van der Waals surface area contributed by atoms with Gasteiger partial charge < -0.3 is 10.2 Å². The van der Waals surface area contributed by atoms with Crippen molar-refractivity contribution in [1.82, 2.24) is 14.7 Å². The Morgan fingerprint density at radius 2 is 1.63 bits per heavy atom. The van der Waals surface area contributed by atoms with Crippen molar-refractivity contribution in [3.63, 3.8) is 0 Å². The Balaban J connectivity index is 1.89. The number of benzene rings is 2. The van der Waals surface area contributed by atoms with Gasteiger partial charge in [-0.25, -0.2) is 4.68 Å². The van der Waals surface area contributed by atoms with Crippen molar-refractivity contribution in [2.45, 2.75) is 53.5 Å². The van der Waals surface area contributed by atoms with Crippen LogP contribution in [0.1, 0.15) is 51.4 Å². The van der Waals surface area contributed by atoms with Crippen molar-refractivity contribution >= 4 is 29.2 Å². The van der Waals surface area contributed by atoms with Gasteiger partial charge in [-0.2, -0.15) is 5.10 Å². The number of halogens is 1. The van der Waals surface area contributed by atoms with Crippen molar-refractivity contribution in [2.24, 2.45) is 5.41 Å². The molecule has 0 bridgehead atoms. The first-order valence-corrected chi connectivity index (χ1v) is 12.3. The average Bonchev–Trinajstić information content (AvgIpc) is 3.23. The lowest BCUT2D eigenvalue weighted by Gasteiger charge is -2.30. The van der Waals surface area contributed by atoms with Crippen LogP contribution in [0.5, 0.6) is 0 Å². The van der Waals surface area contributed by atoms with Crippen LogP contribution in [0.15, 0.2) is 60.7 Å². The van der Waals surface area contributed by atoms with Crippen molar-refractivity contribution in [3.05, 3.63) is 77.5 Å². The van der Waals surface area contributed by atoms with Gasteiger partial charge in [0.2, 0.25) is 11.8 Å². The Morgan fingerprint density at radius 3 is 2.20 bits per heavy atom. The van der Waals surface area contributed by atoms with Gasteiger partial charge in [-0.15, -0.1) is 11.6 Å². The first-order chi connectivity index (χ1) is 16.4. The van der Waals surface area contributed by atoms with E-state index in [0.717, 1.165) is 22.5 Å². The van der Waals surface area contributed by atoms with Gasteiger partial charge in [0.15, 0.2) is 0 Å². The number of nitrogens with zero attached hydrogens (tertiary/aromatic N) is 3. The fourth-order valence-electron chi connectivity index (χ4n) is 3.56. The second-order valence-corrected chi connectivity index (χ2v) is 10.9. The molecular weight excluding hydrogens is 460 g/mol. The minimum Gasteiger partial charge on any atom is -0.329 e. The molecule has 35 heavy (non-hydrogen) atoms. The number of carbonyl (C=O) groups is 2. The third-order valence-corrected chi connectivity index (χ3v) is 6.44. The maximum Gasteiger partial charge on any atom is 0.245 e. The Kier molecular flexibility index (Phi) is 8.06. The highest BCUT2D eigenvalue weighted by molar-refractivity contribution is 6.19. The van der Waals surface area contributed by atoms with Crippen molar-refractivity contribution < 1.29 is 9.59 Å². The molecule has 0 fully saturated rings. The first kappa shape index (κ1) is 26.5. The summed E-state index contributed by atoms with van der Waals surface area (Å²) in [6, 6.07) is 19.5. The highest BCUT2D eigenvalue weighted by Gasteiger charge is 2.32. The van der Waals surface area contributed by atoms with E-state index in [1.165, 1.54) is 0 Å². The normalized spacial score (nSPS) is 11.9. The summed E-state index contributed by atoms with van der Waals surface area (Å²) in [6.45, 7) is 12.1. The van der Waals surface area contributed by atoms with E-state index in [2.05, 4.69) is 26.1 Å². The smallest absolute Gasteiger partial charge is 0.245 e. The molecular formula is C28H35ClN4O2. The van der Waals surface area contributed by atoms with Crippen LogP contribution in [0.25, 0.3) is 5.69 Å². The number of hydrogen-bond donors (Lipinski definition) is 1. The van der Waals surface area contributed by atoms with E-state index >= 15 is 0 Å². The molecule has 1 heterocycles. The Morgan fingerprint density at radius 1 is 1.00 bits per heavy atom. The lowest BCUT2D eigenvalue weighted by Crippen LogP contribution is -2.45. The van der Waals surface area contributed by atoms with Crippen LogP contribution in [0.4, 0.5) is 5.82 Å². The van der Waals surface area contributed by atoms with E-state index in [9.17, 15) is 9.59 Å². The third-order valence-electron chi connectivity index (χ3n) is 5.77. The molecule has 0 unspecified atom stereocenters. The maximum absolute atomic E-state index is 13.3. The van der Waals surface area contributed by atoms with Crippen LogP contribution < -0.4 is 5.32 Å². The zero-order valence-electron chi connectivity index (χ0n) is 21.4. The minimum atomic E-state index is -0.792. The Hall–Kier alpha value is -3.12. The quantitative estimate of drug-likeness (QED) is 0.408. The number of nitrogens with one attached hydrogen (secondary N) is 1. The molecule has 0 atom stereocenters. The second kappa shape index (κ2) is 10.6. The molecule has 186 valence electrons. The molecule has 0 aliphatic carbocycles. The van der Waals surface area contributed by atoms with Crippen LogP contribution in [0, 0.1) is 12.3 Å². The molecule has 2 aromatic carbocycles. The van der Waals surface area contributed by atoms with E-state index in [1.54, 1.807) is 23.4 Å². The monoisotopic (exact) mass is 494 g/mol. The van der Waals surface area contributed by atoms with Gasteiger partial charge >= 0.3 is 0 Å². The number of alkyl halides is 1. The molecule has 7 heteroatoms. The highest BCUT2D eigenvalue weighted by atomic mass is 35.5. The maximum atomic E-state index is 13.3. The molecule has 0 aliphatic rings. The lowest BCUT2D eigenvalue weighted by atomic mass is 9.92. The highest BCUT2D eigenvalue weighted by Crippen LogP contribution is 2.27. The fourth-order valence-corrected chi connectivity index (χ4v) is 3.68. The fraction of sp³-hybridized carbons (Fsp3) is 0.393. The van der Waals surface area contributed by atoms with Gasteiger partial charge in [0.25, 0.3) is 0 Å². The van der Waals surface area contributed by atoms with Gasteiger partial charge in [0, 0.05) is 23.9 Å². The molecule has 3 rings (SSSR count). The number of anilines is 1. The predicted octanol–water partition coefficient (Wildman–Crippen LogP) is 5.71. The SMILES string of the molecule is Cc1ccc(-n2nc(C(C)(C)C)cc2NC(=O)CN(Cc2ccccc2)C(=O)C(C)(C)CCl)cc1. The van der Waals surface area contributed by atoms with Crippen molar-refractivity contribution in [2.75, 3.05) is 17.7 Å². The number of aryl methyl sites for hydroxylation is 1. The van der Waals surface area contributed by atoms with Crippen LogP contribution in [0.2, 0.25) is 0 Å². The summed E-state index contributed by atoms with van der Waals surface area (Å²) < 4.78 is 1.74. The van der Waals surface area contributed by atoms with Gasteiger partial charge in [0.1, 0.15) is 12.4 Å². The Labute approximate surface area is 213 Å². The number of aromatic nitrogens is 2.